The fourth-order valence-corrected chi connectivity index (χ4v) is 1.95. The van der Waals surface area contributed by atoms with Gasteiger partial charge in [0.15, 0.2) is 0 Å². The first-order chi connectivity index (χ1) is 8.50. The van der Waals surface area contributed by atoms with E-state index in [2.05, 4.69) is 15.3 Å². The minimum atomic E-state index is -0.673. The maximum Gasteiger partial charge on any atom is 0.348 e. The molecule has 0 aliphatic carbocycles. The van der Waals surface area contributed by atoms with Crippen molar-refractivity contribution in [2.45, 2.75) is 12.5 Å². The van der Waals surface area contributed by atoms with E-state index in [0.717, 1.165) is 6.33 Å². The van der Waals surface area contributed by atoms with Gasteiger partial charge in [-0.05, 0) is 6.42 Å². The number of halogens is 1. The number of likely N-dealkylation sites (tertiary alicyclic amines) is 1. The molecule has 0 spiro atoms. The first-order valence-corrected chi connectivity index (χ1v) is 5.55. The van der Waals surface area contributed by atoms with E-state index in [1.165, 1.54) is 0 Å². The number of amides is 1. The van der Waals surface area contributed by atoms with Crippen LogP contribution < -0.4 is 5.32 Å². The summed E-state index contributed by atoms with van der Waals surface area (Å²) in [4.78, 5) is 30.7. The first kappa shape index (κ1) is 12.5. The zero-order valence-corrected chi connectivity index (χ0v) is 10.2. The van der Waals surface area contributed by atoms with Crippen molar-refractivity contribution >= 4 is 29.0 Å². The number of carbonyl (C=O) groups is 1. The van der Waals surface area contributed by atoms with Gasteiger partial charge in [-0.15, -0.1) is 0 Å². The highest BCUT2D eigenvalue weighted by molar-refractivity contribution is 6.31. The standard InChI is InChI=1S/C9H10ClN5O3/c1-14-3-2-5(9(14)16)13-8-6(15(17)18)7(10)11-4-12-8/h4-5H,2-3H2,1H3,(H,11,12,13). The molecule has 1 aromatic rings. The van der Waals surface area contributed by atoms with Crippen LogP contribution in [0.3, 0.4) is 0 Å². The van der Waals surface area contributed by atoms with Crippen LogP contribution in [0, 0.1) is 10.1 Å². The zero-order valence-electron chi connectivity index (χ0n) is 9.46. The van der Waals surface area contributed by atoms with Crippen LogP contribution in [0.1, 0.15) is 6.42 Å². The van der Waals surface area contributed by atoms with Gasteiger partial charge in [-0.25, -0.2) is 9.97 Å². The number of hydrogen-bond acceptors (Lipinski definition) is 6. The van der Waals surface area contributed by atoms with Gasteiger partial charge in [-0.2, -0.15) is 0 Å². The molecular formula is C9H10ClN5O3. The van der Waals surface area contributed by atoms with E-state index in [9.17, 15) is 14.9 Å². The number of nitrogens with one attached hydrogen (secondary N) is 1. The van der Waals surface area contributed by atoms with Crippen LogP contribution in [0.5, 0.6) is 0 Å². The van der Waals surface area contributed by atoms with E-state index in [0.29, 0.717) is 13.0 Å². The highest BCUT2D eigenvalue weighted by Gasteiger charge is 2.32. The van der Waals surface area contributed by atoms with Crippen LogP contribution in [-0.2, 0) is 4.79 Å². The molecule has 0 saturated carbocycles. The maximum absolute atomic E-state index is 11.7. The summed E-state index contributed by atoms with van der Waals surface area (Å²) in [5.74, 6) is -0.160. The lowest BCUT2D eigenvalue weighted by Crippen LogP contribution is -2.31. The molecule has 1 N–H and O–H groups in total. The topological polar surface area (TPSA) is 101 Å². The number of anilines is 1. The number of nitro groups is 1. The summed E-state index contributed by atoms with van der Waals surface area (Å²) < 4.78 is 0. The molecule has 2 heterocycles. The second-order valence-electron chi connectivity index (χ2n) is 3.86. The summed E-state index contributed by atoms with van der Waals surface area (Å²) in [5.41, 5.74) is -0.415. The Bertz CT molecular complexity index is 509. The van der Waals surface area contributed by atoms with Crippen molar-refractivity contribution in [1.29, 1.82) is 0 Å². The highest BCUT2D eigenvalue weighted by Crippen LogP contribution is 2.29. The molecule has 1 aromatic heterocycles. The minimum absolute atomic E-state index is 0.0337. The summed E-state index contributed by atoms with van der Waals surface area (Å²) in [6, 6.07) is -0.514. The smallest absolute Gasteiger partial charge is 0.348 e. The SMILES string of the molecule is CN1CCC(Nc2ncnc(Cl)c2[N+](=O)[O-])C1=O. The van der Waals surface area contributed by atoms with Gasteiger partial charge in [0.25, 0.3) is 0 Å². The highest BCUT2D eigenvalue weighted by atomic mass is 35.5. The largest absolute Gasteiger partial charge is 0.352 e. The molecule has 0 bridgehead atoms. The summed E-state index contributed by atoms with van der Waals surface area (Å²) in [7, 11) is 1.67. The molecule has 1 amide bonds. The fourth-order valence-electron chi connectivity index (χ4n) is 1.75. The number of aromatic nitrogens is 2. The molecule has 18 heavy (non-hydrogen) atoms. The molecule has 9 heteroatoms. The maximum atomic E-state index is 11.7. The van der Waals surface area contributed by atoms with Gasteiger partial charge in [0.05, 0.1) is 4.92 Å². The van der Waals surface area contributed by atoms with Crippen molar-refractivity contribution in [2.75, 3.05) is 18.9 Å². The Kier molecular flexibility index (Phi) is 3.28. The van der Waals surface area contributed by atoms with Gasteiger partial charge < -0.3 is 10.2 Å². The Morgan fingerprint density at radius 1 is 1.61 bits per heavy atom. The quantitative estimate of drug-likeness (QED) is 0.493. The summed E-state index contributed by atoms with van der Waals surface area (Å²) >= 11 is 5.65. The van der Waals surface area contributed by atoms with Gasteiger partial charge in [0.1, 0.15) is 12.4 Å². The van der Waals surface area contributed by atoms with E-state index in [4.69, 9.17) is 11.6 Å². The van der Waals surface area contributed by atoms with Crippen molar-refractivity contribution in [2.24, 2.45) is 0 Å². The van der Waals surface area contributed by atoms with Crippen LogP contribution in [-0.4, -0.2) is 45.3 Å². The molecule has 0 aromatic carbocycles. The second kappa shape index (κ2) is 4.73. The Labute approximate surface area is 107 Å². The van der Waals surface area contributed by atoms with Crippen molar-refractivity contribution in [3.05, 3.63) is 21.6 Å². The summed E-state index contributed by atoms with van der Waals surface area (Å²) in [5, 5.41) is 13.4. The Balaban J connectivity index is 2.27. The minimum Gasteiger partial charge on any atom is -0.352 e. The predicted octanol–water partition coefficient (Wildman–Crippen LogP) is 0.681. The van der Waals surface area contributed by atoms with Crippen LogP contribution in [0.2, 0.25) is 5.15 Å². The van der Waals surface area contributed by atoms with Crippen LogP contribution in [0.4, 0.5) is 11.5 Å². The molecule has 2 rings (SSSR count). The Hall–Kier alpha value is -1.96. The molecule has 1 fully saturated rings. The van der Waals surface area contributed by atoms with Gasteiger partial charge in [-0.1, -0.05) is 11.6 Å². The van der Waals surface area contributed by atoms with Gasteiger partial charge in [0, 0.05) is 13.6 Å². The van der Waals surface area contributed by atoms with Crippen molar-refractivity contribution in [3.63, 3.8) is 0 Å². The summed E-state index contributed by atoms with van der Waals surface area (Å²) in [6.45, 7) is 0.600. The number of rotatable bonds is 3. The molecule has 1 unspecified atom stereocenters. The lowest BCUT2D eigenvalue weighted by molar-refractivity contribution is -0.384. The molecular weight excluding hydrogens is 262 g/mol. The number of likely N-dealkylation sites (N-methyl/N-ethyl adjacent to an activating group) is 1. The van der Waals surface area contributed by atoms with E-state index >= 15 is 0 Å². The number of nitrogens with zero attached hydrogens (tertiary/aromatic N) is 4. The third-order valence-corrected chi connectivity index (χ3v) is 2.98. The van der Waals surface area contributed by atoms with E-state index in [1.54, 1.807) is 11.9 Å². The van der Waals surface area contributed by atoms with E-state index in [-0.39, 0.29) is 16.9 Å². The molecule has 8 nitrogen and oxygen atoms in total. The molecule has 1 atom stereocenters. The normalized spacial score (nSPS) is 19.1. The van der Waals surface area contributed by atoms with Gasteiger partial charge in [-0.3, -0.25) is 14.9 Å². The molecule has 1 aliphatic heterocycles. The number of carbonyl (C=O) groups excluding carboxylic acids is 1. The Morgan fingerprint density at radius 3 is 2.89 bits per heavy atom. The first-order valence-electron chi connectivity index (χ1n) is 5.17. The third-order valence-electron chi connectivity index (χ3n) is 2.70. The van der Waals surface area contributed by atoms with E-state index in [1.807, 2.05) is 0 Å². The van der Waals surface area contributed by atoms with Crippen molar-refractivity contribution in [3.8, 4) is 0 Å². The van der Waals surface area contributed by atoms with Crippen molar-refractivity contribution < 1.29 is 9.72 Å². The van der Waals surface area contributed by atoms with Crippen LogP contribution >= 0.6 is 11.6 Å². The summed E-state index contributed by atoms with van der Waals surface area (Å²) in [6.07, 6.45) is 1.68. The third kappa shape index (κ3) is 2.19. The van der Waals surface area contributed by atoms with E-state index < -0.39 is 16.7 Å². The number of hydrogen-bond donors (Lipinski definition) is 1. The molecule has 96 valence electrons. The molecule has 1 aliphatic rings. The van der Waals surface area contributed by atoms with Gasteiger partial charge >= 0.3 is 5.69 Å². The average Bonchev–Trinajstić information content (AvgIpc) is 2.60. The fraction of sp³-hybridized carbons (Fsp3) is 0.444. The lowest BCUT2D eigenvalue weighted by atomic mass is 10.2. The predicted molar refractivity (Wildman–Crippen MR) is 63.4 cm³/mol. The van der Waals surface area contributed by atoms with Crippen molar-refractivity contribution in [1.82, 2.24) is 14.9 Å². The molecule has 0 radical (unpaired) electrons. The zero-order chi connectivity index (χ0) is 13.3. The van der Waals surface area contributed by atoms with Crippen LogP contribution in [0.15, 0.2) is 6.33 Å². The van der Waals surface area contributed by atoms with Crippen LogP contribution in [0.25, 0.3) is 0 Å². The van der Waals surface area contributed by atoms with Gasteiger partial charge in [0.2, 0.25) is 16.9 Å². The lowest BCUT2D eigenvalue weighted by Gasteiger charge is -2.12. The monoisotopic (exact) mass is 271 g/mol. The Morgan fingerprint density at radius 2 is 2.33 bits per heavy atom. The molecule has 1 saturated heterocycles. The average molecular weight is 272 g/mol. The second-order valence-corrected chi connectivity index (χ2v) is 4.22.